The molecule has 2 heterocycles. The molecule has 1 aromatic heterocycles. The predicted octanol–water partition coefficient (Wildman–Crippen LogP) is 2.74. The SMILES string of the molecule is Cc1nn(-c2ccc(C(=O)N3CCC[C@@H]3CO)cc2)c(C)c1Cl. The lowest BCUT2D eigenvalue weighted by atomic mass is 10.1. The fourth-order valence-corrected chi connectivity index (χ4v) is 3.20. The van der Waals surface area contributed by atoms with Gasteiger partial charge in [0.25, 0.3) is 5.91 Å². The maximum absolute atomic E-state index is 12.6. The average molecular weight is 334 g/mol. The number of hydrogen-bond donors (Lipinski definition) is 1. The van der Waals surface area contributed by atoms with Crippen LogP contribution in [-0.4, -0.2) is 44.9 Å². The van der Waals surface area contributed by atoms with Crippen LogP contribution in [0.5, 0.6) is 0 Å². The van der Waals surface area contributed by atoms with E-state index < -0.39 is 0 Å². The Morgan fingerprint density at radius 3 is 2.61 bits per heavy atom. The minimum atomic E-state index is -0.0583. The molecule has 1 fully saturated rings. The molecule has 1 atom stereocenters. The second-order valence-electron chi connectivity index (χ2n) is 5.92. The van der Waals surface area contributed by atoms with Crippen molar-refractivity contribution >= 4 is 17.5 Å². The molecule has 0 aliphatic carbocycles. The second kappa shape index (κ2) is 6.34. The number of hydrogen-bond acceptors (Lipinski definition) is 3. The Morgan fingerprint density at radius 2 is 2.04 bits per heavy atom. The number of amides is 1. The van der Waals surface area contributed by atoms with Crippen molar-refractivity contribution in [2.24, 2.45) is 0 Å². The molecule has 0 spiro atoms. The van der Waals surface area contributed by atoms with Crippen LogP contribution in [0.1, 0.15) is 34.6 Å². The van der Waals surface area contributed by atoms with E-state index in [0.29, 0.717) is 17.1 Å². The van der Waals surface area contributed by atoms with Gasteiger partial charge in [0.1, 0.15) is 0 Å². The second-order valence-corrected chi connectivity index (χ2v) is 6.30. The Hall–Kier alpha value is -1.85. The Balaban J connectivity index is 1.84. The lowest BCUT2D eigenvalue weighted by Gasteiger charge is -2.23. The van der Waals surface area contributed by atoms with Crippen molar-refractivity contribution in [3.63, 3.8) is 0 Å². The number of aryl methyl sites for hydroxylation is 1. The summed E-state index contributed by atoms with van der Waals surface area (Å²) in [6, 6.07) is 7.28. The number of rotatable bonds is 3. The van der Waals surface area contributed by atoms with E-state index in [1.54, 1.807) is 21.7 Å². The molecule has 0 saturated carbocycles. The van der Waals surface area contributed by atoms with E-state index >= 15 is 0 Å². The number of carbonyl (C=O) groups excluding carboxylic acids is 1. The first-order valence-electron chi connectivity index (χ1n) is 7.77. The van der Waals surface area contributed by atoms with E-state index in [1.165, 1.54) is 0 Å². The molecule has 1 N–H and O–H groups in total. The first kappa shape index (κ1) is 16.0. The predicted molar refractivity (Wildman–Crippen MR) is 89.2 cm³/mol. The summed E-state index contributed by atoms with van der Waals surface area (Å²) >= 11 is 6.18. The molecule has 5 nitrogen and oxygen atoms in total. The first-order valence-corrected chi connectivity index (χ1v) is 8.14. The third-order valence-electron chi connectivity index (χ3n) is 4.41. The van der Waals surface area contributed by atoms with Gasteiger partial charge in [-0.05, 0) is 51.0 Å². The van der Waals surface area contributed by atoms with Crippen molar-refractivity contribution in [1.82, 2.24) is 14.7 Å². The molecular formula is C17H20ClN3O2. The Kier molecular flexibility index (Phi) is 4.41. The van der Waals surface area contributed by atoms with Gasteiger partial charge in [-0.1, -0.05) is 11.6 Å². The summed E-state index contributed by atoms with van der Waals surface area (Å²) in [5.74, 6) is -0.0282. The minimum Gasteiger partial charge on any atom is -0.394 e. The number of aliphatic hydroxyl groups excluding tert-OH is 1. The van der Waals surface area contributed by atoms with Crippen LogP contribution in [0.15, 0.2) is 24.3 Å². The van der Waals surface area contributed by atoms with Crippen LogP contribution in [-0.2, 0) is 0 Å². The number of benzene rings is 1. The molecule has 0 unspecified atom stereocenters. The van der Waals surface area contributed by atoms with E-state index in [1.807, 2.05) is 26.0 Å². The van der Waals surface area contributed by atoms with Gasteiger partial charge in [-0.25, -0.2) is 4.68 Å². The number of aliphatic hydroxyl groups is 1. The summed E-state index contributed by atoms with van der Waals surface area (Å²) in [6.45, 7) is 4.51. The van der Waals surface area contributed by atoms with E-state index in [0.717, 1.165) is 29.9 Å². The van der Waals surface area contributed by atoms with Gasteiger partial charge >= 0.3 is 0 Å². The van der Waals surface area contributed by atoms with Crippen molar-refractivity contribution in [1.29, 1.82) is 0 Å². The Morgan fingerprint density at radius 1 is 1.35 bits per heavy atom. The van der Waals surface area contributed by atoms with E-state index in [-0.39, 0.29) is 18.6 Å². The zero-order valence-electron chi connectivity index (χ0n) is 13.3. The number of carbonyl (C=O) groups is 1. The lowest BCUT2D eigenvalue weighted by molar-refractivity contribution is 0.0677. The molecule has 0 bridgehead atoms. The molecule has 1 saturated heterocycles. The van der Waals surface area contributed by atoms with Crippen LogP contribution < -0.4 is 0 Å². The van der Waals surface area contributed by atoms with Gasteiger partial charge in [0.15, 0.2) is 0 Å². The minimum absolute atomic E-state index is 0.0219. The maximum atomic E-state index is 12.6. The van der Waals surface area contributed by atoms with E-state index in [2.05, 4.69) is 5.10 Å². The normalized spacial score (nSPS) is 17.7. The Bertz CT molecular complexity index is 724. The highest BCUT2D eigenvalue weighted by atomic mass is 35.5. The van der Waals surface area contributed by atoms with Crippen molar-refractivity contribution in [2.75, 3.05) is 13.2 Å². The number of likely N-dealkylation sites (tertiary alicyclic amines) is 1. The van der Waals surface area contributed by atoms with Crippen LogP contribution in [0, 0.1) is 13.8 Å². The zero-order chi connectivity index (χ0) is 16.6. The molecule has 3 rings (SSSR count). The summed E-state index contributed by atoms with van der Waals surface area (Å²) < 4.78 is 1.78. The molecule has 1 aromatic carbocycles. The van der Waals surface area contributed by atoms with Crippen LogP contribution >= 0.6 is 11.6 Å². The van der Waals surface area contributed by atoms with Gasteiger partial charge in [-0.15, -0.1) is 0 Å². The van der Waals surface area contributed by atoms with Crippen LogP contribution in [0.3, 0.4) is 0 Å². The molecule has 23 heavy (non-hydrogen) atoms. The summed E-state index contributed by atoms with van der Waals surface area (Å²) in [6.07, 6.45) is 1.81. The highest BCUT2D eigenvalue weighted by molar-refractivity contribution is 6.31. The van der Waals surface area contributed by atoms with E-state index in [4.69, 9.17) is 11.6 Å². The molecule has 0 radical (unpaired) electrons. The van der Waals surface area contributed by atoms with Crippen LogP contribution in [0.4, 0.5) is 0 Å². The van der Waals surface area contributed by atoms with E-state index in [9.17, 15) is 9.90 Å². The maximum Gasteiger partial charge on any atom is 0.254 e. The first-order chi connectivity index (χ1) is 11.0. The molecule has 122 valence electrons. The van der Waals surface area contributed by atoms with Crippen LogP contribution in [0.25, 0.3) is 5.69 Å². The smallest absolute Gasteiger partial charge is 0.254 e. The van der Waals surface area contributed by atoms with Gasteiger partial charge in [-0.2, -0.15) is 5.10 Å². The molecule has 1 amide bonds. The largest absolute Gasteiger partial charge is 0.394 e. The summed E-state index contributed by atoms with van der Waals surface area (Å²) in [5.41, 5.74) is 3.16. The number of nitrogens with zero attached hydrogens (tertiary/aromatic N) is 3. The third-order valence-corrected chi connectivity index (χ3v) is 4.96. The van der Waals surface area contributed by atoms with Crippen molar-refractivity contribution in [3.8, 4) is 5.69 Å². The highest BCUT2D eigenvalue weighted by Gasteiger charge is 2.28. The van der Waals surface area contributed by atoms with Gasteiger partial charge in [0.05, 0.1) is 34.7 Å². The Labute approximate surface area is 140 Å². The lowest BCUT2D eigenvalue weighted by Crippen LogP contribution is -2.37. The van der Waals surface area contributed by atoms with Crippen molar-refractivity contribution < 1.29 is 9.90 Å². The fraction of sp³-hybridized carbons (Fsp3) is 0.412. The van der Waals surface area contributed by atoms with Gasteiger partial charge < -0.3 is 10.0 Å². The summed E-state index contributed by atoms with van der Waals surface area (Å²) in [5, 5.41) is 14.4. The highest BCUT2D eigenvalue weighted by Crippen LogP contribution is 2.24. The number of aromatic nitrogens is 2. The monoisotopic (exact) mass is 333 g/mol. The quantitative estimate of drug-likeness (QED) is 0.939. The van der Waals surface area contributed by atoms with Gasteiger partial charge in [-0.3, -0.25) is 4.79 Å². The molecule has 1 aliphatic rings. The zero-order valence-corrected chi connectivity index (χ0v) is 14.0. The third kappa shape index (κ3) is 2.86. The number of halogens is 1. The molecular weight excluding hydrogens is 314 g/mol. The molecule has 6 heteroatoms. The topological polar surface area (TPSA) is 58.4 Å². The molecule has 2 aromatic rings. The van der Waals surface area contributed by atoms with Crippen LogP contribution in [0.2, 0.25) is 5.02 Å². The average Bonchev–Trinajstić information content (AvgIpc) is 3.15. The van der Waals surface area contributed by atoms with Crippen molar-refractivity contribution in [2.45, 2.75) is 32.7 Å². The standard InChI is InChI=1S/C17H20ClN3O2/c1-11-16(18)12(2)21(19-11)14-7-5-13(6-8-14)17(23)20-9-3-4-15(20)10-22/h5-8,15,22H,3-4,9-10H2,1-2H3/t15-/m1/s1. The van der Waals surface area contributed by atoms with Gasteiger partial charge in [0.2, 0.25) is 0 Å². The fourth-order valence-electron chi connectivity index (χ4n) is 3.08. The van der Waals surface area contributed by atoms with Crippen molar-refractivity contribution in [3.05, 3.63) is 46.2 Å². The van der Waals surface area contributed by atoms with Gasteiger partial charge in [0, 0.05) is 12.1 Å². The summed E-state index contributed by atoms with van der Waals surface area (Å²) in [7, 11) is 0. The molecule has 1 aliphatic heterocycles. The summed E-state index contributed by atoms with van der Waals surface area (Å²) in [4.78, 5) is 14.3.